The summed E-state index contributed by atoms with van der Waals surface area (Å²) in [6.45, 7) is 5.15. The van der Waals surface area contributed by atoms with Crippen LogP contribution in [0.5, 0.6) is 0 Å². The van der Waals surface area contributed by atoms with Gasteiger partial charge in [-0.3, -0.25) is 0 Å². The number of ether oxygens (including phenoxy) is 2. The lowest BCUT2D eigenvalue weighted by molar-refractivity contribution is -0.146. The molecular weight excluding hydrogens is 250 g/mol. The summed E-state index contributed by atoms with van der Waals surface area (Å²) in [6, 6.07) is 0. The van der Waals surface area contributed by atoms with Gasteiger partial charge < -0.3 is 14.3 Å². The van der Waals surface area contributed by atoms with Crippen molar-refractivity contribution in [3.05, 3.63) is 23.5 Å². The summed E-state index contributed by atoms with van der Waals surface area (Å²) < 4.78 is 9.98. The van der Waals surface area contributed by atoms with Crippen LogP contribution >= 0.6 is 0 Å². The molecule has 6 nitrogen and oxygen atoms in total. The molecule has 19 heavy (non-hydrogen) atoms. The van der Waals surface area contributed by atoms with Crippen LogP contribution in [-0.4, -0.2) is 24.8 Å². The van der Waals surface area contributed by atoms with E-state index in [-0.39, 0.29) is 0 Å². The molecule has 0 unspecified atom stereocenters. The van der Waals surface area contributed by atoms with Gasteiger partial charge in [-0.25, -0.2) is 9.59 Å². The van der Waals surface area contributed by atoms with Gasteiger partial charge in [-0.15, -0.1) is 5.48 Å². The molecule has 0 fully saturated rings. The maximum atomic E-state index is 11.6. The van der Waals surface area contributed by atoms with Gasteiger partial charge in [-0.1, -0.05) is 0 Å². The zero-order chi connectivity index (χ0) is 14.5. The molecule has 0 saturated heterocycles. The first-order chi connectivity index (χ1) is 8.81. The number of allylic oxidation sites excluding steroid dienone is 3. The van der Waals surface area contributed by atoms with Gasteiger partial charge >= 0.3 is 12.1 Å². The summed E-state index contributed by atoms with van der Waals surface area (Å²) in [5.41, 5.74) is 1.79. The predicted molar refractivity (Wildman–Crippen MR) is 67.9 cm³/mol. The van der Waals surface area contributed by atoms with Gasteiger partial charge in [0.15, 0.2) is 0 Å². The van der Waals surface area contributed by atoms with Gasteiger partial charge in [0.25, 0.3) is 0 Å². The molecule has 0 aromatic rings. The lowest BCUT2D eigenvalue weighted by atomic mass is 10.0. The highest BCUT2D eigenvalue weighted by molar-refractivity contribution is 5.89. The van der Waals surface area contributed by atoms with Crippen LogP contribution in [0.1, 0.15) is 33.6 Å². The van der Waals surface area contributed by atoms with Gasteiger partial charge in [0.05, 0.1) is 12.9 Å². The molecule has 0 aliphatic heterocycles. The minimum atomic E-state index is -0.801. The molecule has 1 amide bonds. The standard InChI is InChI=1S/C13H19NO5/c1-13(2,3)18-12(16)14-19-11(15)9-5-7-10(17-4)8-6-9/h5,7H,6,8H2,1-4H3,(H,14,16). The topological polar surface area (TPSA) is 73.9 Å². The monoisotopic (exact) mass is 269 g/mol. The molecule has 0 aromatic carbocycles. The summed E-state index contributed by atoms with van der Waals surface area (Å²) in [6.07, 6.45) is 3.65. The van der Waals surface area contributed by atoms with E-state index in [4.69, 9.17) is 9.47 Å². The lowest BCUT2D eigenvalue weighted by Gasteiger charge is -2.19. The highest BCUT2D eigenvalue weighted by atomic mass is 16.7. The van der Waals surface area contributed by atoms with E-state index in [1.54, 1.807) is 40.0 Å². The summed E-state index contributed by atoms with van der Waals surface area (Å²) >= 11 is 0. The van der Waals surface area contributed by atoms with E-state index in [0.717, 1.165) is 5.76 Å². The zero-order valence-corrected chi connectivity index (χ0v) is 11.6. The average molecular weight is 269 g/mol. The summed E-state index contributed by atoms with van der Waals surface area (Å²) in [4.78, 5) is 27.6. The van der Waals surface area contributed by atoms with Crippen molar-refractivity contribution in [1.29, 1.82) is 0 Å². The van der Waals surface area contributed by atoms with Gasteiger partial charge in [-0.2, -0.15) is 0 Å². The van der Waals surface area contributed by atoms with Gasteiger partial charge in [0, 0.05) is 12.0 Å². The quantitative estimate of drug-likeness (QED) is 0.778. The number of hydroxylamine groups is 1. The molecule has 0 radical (unpaired) electrons. The van der Waals surface area contributed by atoms with Crippen LogP contribution in [0, 0.1) is 0 Å². The Morgan fingerprint density at radius 3 is 2.37 bits per heavy atom. The van der Waals surface area contributed by atoms with Crippen LogP contribution in [0.3, 0.4) is 0 Å². The number of hydrogen-bond acceptors (Lipinski definition) is 5. The Kier molecular flexibility index (Phi) is 4.97. The maximum absolute atomic E-state index is 11.6. The molecule has 0 aromatic heterocycles. The fraction of sp³-hybridized carbons (Fsp3) is 0.538. The minimum absolute atomic E-state index is 0.469. The van der Waals surface area contributed by atoms with Gasteiger partial charge in [0.1, 0.15) is 5.60 Å². The number of rotatable bonds is 2. The Hall–Kier alpha value is -1.98. The van der Waals surface area contributed by atoms with E-state index in [9.17, 15) is 9.59 Å². The molecule has 1 rings (SSSR count). The number of carbonyl (C=O) groups excluding carboxylic acids is 2. The molecule has 0 spiro atoms. The maximum Gasteiger partial charge on any atom is 0.441 e. The van der Waals surface area contributed by atoms with Crippen LogP contribution in [0.15, 0.2) is 23.5 Å². The second-order valence-electron chi connectivity index (χ2n) is 5.02. The Morgan fingerprint density at radius 1 is 1.21 bits per heavy atom. The van der Waals surface area contributed by atoms with Crippen molar-refractivity contribution in [2.45, 2.75) is 39.2 Å². The number of hydrogen-bond donors (Lipinski definition) is 1. The Balaban J connectivity index is 2.43. The van der Waals surface area contributed by atoms with Gasteiger partial charge in [0.2, 0.25) is 0 Å². The van der Waals surface area contributed by atoms with Crippen LogP contribution < -0.4 is 5.48 Å². The first-order valence-corrected chi connectivity index (χ1v) is 5.95. The van der Waals surface area contributed by atoms with Crippen molar-refractivity contribution in [3.8, 4) is 0 Å². The van der Waals surface area contributed by atoms with Crippen molar-refractivity contribution >= 4 is 12.1 Å². The van der Waals surface area contributed by atoms with Crippen molar-refractivity contribution in [2.75, 3.05) is 7.11 Å². The molecule has 1 N–H and O–H groups in total. The van der Waals surface area contributed by atoms with Crippen LogP contribution in [0.4, 0.5) is 4.79 Å². The fourth-order valence-electron chi connectivity index (χ4n) is 1.41. The smallest absolute Gasteiger partial charge is 0.441 e. The van der Waals surface area contributed by atoms with E-state index < -0.39 is 17.7 Å². The average Bonchev–Trinajstić information content (AvgIpc) is 2.34. The van der Waals surface area contributed by atoms with E-state index in [0.29, 0.717) is 18.4 Å². The first kappa shape index (κ1) is 15.1. The third kappa shape index (κ3) is 5.46. The molecule has 0 bridgehead atoms. The molecule has 106 valence electrons. The van der Waals surface area contributed by atoms with E-state index in [1.165, 1.54) is 0 Å². The van der Waals surface area contributed by atoms with Crippen molar-refractivity contribution < 1.29 is 23.9 Å². The molecule has 6 heteroatoms. The molecule has 1 aliphatic carbocycles. The predicted octanol–water partition coefficient (Wildman–Crippen LogP) is 2.22. The summed E-state index contributed by atoms with van der Waals surface area (Å²) in [5.74, 6) is 0.203. The number of methoxy groups -OCH3 is 1. The Morgan fingerprint density at radius 2 is 1.89 bits per heavy atom. The summed E-state index contributed by atoms with van der Waals surface area (Å²) in [7, 11) is 1.58. The number of amides is 1. The zero-order valence-electron chi connectivity index (χ0n) is 11.6. The van der Waals surface area contributed by atoms with Gasteiger partial charge in [-0.05, 0) is 39.3 Å². The second kappa shape index (κ2) is 6.26. The van der Waals surface area contributed by atoms with Crippen LogP contribution in [0.25, 0.3) is 0 Å². The van der Waals surface area contributed by atoms with Crippen LogP contribution in [0.2, 0.25) is 0 Å². The molecule has 0 saturated carbocycles. The SMILES string of the molecule is COC1=CC=C(C(=O)ONC(=O)OC(C)(C)C)CC1. The Bertz CT molecular complexity index is 417. The molecule has 0 atom stereocenters. The first-order valence-electron chi connectivity index (χ1n) is 5.95. The summed E-state index contributed by atoms with van der Waals surface area (Å²) in [5, 5.41) is 0. The fourth-order valence-corrected chi connectivity index (χ4v) is 1.41. The minimum Gasteiger partial charge on any atom is -0.501 e. The van der Waals surface area contributed by atoms with Crippen molar-refractivity contribution in [3.63, 3.8) is 0 Å². The number of carbonyl (C=O) groups is 2. The number of nitrogens with one attached hydrogen (secondary N) is 1. The third-order valence-corrected chi connectivity index (χ3v) is 2.26. The third-order valence-electron chi connectivity index (χ3n) is 2.26. The molecule has 0 heterocycles. The highest BCUT2D eigenvalue weighted by Crippen LogP contribution is 2.19. The highest BCUT2D eigenvalue weighted by Gasteiger charge is 2.19. The van der Waals surface area contributed by atoms with Crippen molar-refractivity contribution in [2.24, 2.45) is 0 Å². The van der Waals surface area contributed by atoms with E-state index in [2.05, 4.69) is 4.84 Å². The molecular formula is C13H19NO5. The van der Waals surface area contributed by atoms with Crippen molar-refractivity contribution in [1.82, 2.24) is 5.48 Å². The largest absolute Gasteiger partial charge is 0.501 e. The normalized spacial score (nSPS) is 14.9. The second-order valence-corrected chi connectivity index (χ2v) is 5.02. The van der Waals surface area contributed by atoms with E-state index in [1.807, 2.05) is 5.48 Å². The lowest BCUT2D eigenvalue weighted by Crippen LogP contribution is -2.34. The van der Waals surface area contributed by atoms with Crippen LogP contribution in [-0.2, 0) is 19.1 Å². The molecule has 1 aliphatic rings. The Labute approximate surface area is 112 Å². The van der Waals surface area contributed by atoms with E-state index >= 15 is 0 Å².